The highest BCUT2D eigenvalue weighted by Crippen LogP contribution is 2.33. The molecule has 512 valence electrons. The van der Waals surface area contributed by atoms with E-state index >= 15 is 0 Å². The molecule has 0 bridgehead atoms. The molecule has 84 heavy (non-hydrogen) atoms. The van der Waals surface area contributed by atoms with Gasteiger partial charge < -0.3 is 0 Å². The van der Waals surface area contributed by atoms with Gasteiger partial charge >= 0.3 is 0 Å². The van der Waals surface area contributed by atoms with Crippen molar-refractivity contribution in [1.82, 2.24) is 0 Å². The van der Waals surface area contributed by atoms with Crippen molar-refractivity contribution in [3.05, 3.63) is 0 Å². The summed E-state index contributed by atoms with van der Waals surface area (Å²) < 4.78 is 0. The quantitative estimate of drug-likeness (QED) is 0.0533. The summed E-state index contributed by atoms with van der Waals surface area (Å²) in [5.74, 6) is 13.5. The lowest BCUT2D eigenvalue weighted by Gasteiger charge is -2.28. The van der Waals surface area contributed by atoms with Gasteiger partial charge in [0.1, 0.15) is 0 Å². The summed E-state index contributed by atoms with van der Waals surface area (Å²) >= 11 is 0. The predicted octanol–water partition coefficient (Wildman–Crippen LogP) is 31.6. The molecule has 0 N–H and O–H groups in total. The summed E-state index contributed by atoms with van der Waals surface area (Å²) in [6.45, 7) is 55.2. The monoisotopic (exact) mass is 1190 g/mol. The smallest absolute Gasteiger partial charge is 0.0414 e. The van der Waals surface area contributed by atoms with Crippen LogP contribution in [0.1, 0.15) is 455 Å². The summed E-state index contributed by atoms with van der Waals surface area (Å²) in [6, 6.07) is 0. The Morgan fingerprint density at radius 3 is 0.560 bits per heavy atom. The van der Waals surface area contributed by atoms with Crippen molar-refractivity contribution >= 4 is 0 Å². The van der Waals surface area contributed by atoms with E-state index in [0.717, 1.165) is 88.8 Å². The molecule has 0 rings (SSSR count). The van der Waals surface area contributed by atoms with Gasteiger partial charge in [0.2, 0.25) is 0 Å². The van der Waals surface area contributed by atoms with Crippen LogP contribution < -0.4 is 0 Å². The van der Waals surface area contributed by atoms with Gasteiger partial charge in [-0.3, -0.25) is 0 Å². The van der Waals surface area contributed by atoms with Crippen LogP contribution >= 0.6 is 0 Å². The molecule has 0 aliphatic rings. The second-order valence-electron chi connectivity index (χ2n) is 32.3. The highest BCUT2D eigenvalue weighted by Gasteiger charge is 2.21. The van der Waals surface area contributed by atoms with Crippen LogP contribution in [0.25, 0.3) is 0 Å². The molecular weight excluding hydrogens is 1010 g/mol. The topological polar surface area (TPSA) is 0 Å². The van der Waals surface area contributed by atoms with E-state index in [9.17, 15) is 0 Å². The van der Waals surface area contributed by atoms with E-state index in [-0.39, 0.29) is 0 Å². The van der Waals surface area contributed by atoms with Crippen LogP contribution in [0.5, 0.6) is 0 Å². The standard InChI is InChI=1S/C24H50.C22H46.C20H42.C18H38/c1-9-20(4)17-22(6)24(8)18-23(7)21(5)16-14-12-10-11-13-15-19(2)3;1-8-14-19(4)21(6)17-22(7)20(5)16-13-11-9-10-12-15-18(2)3;1-6-7-8-13-16-19(4)20(5)17-14-11-9-10-12-15-18(2)3;1-4-5-6-7-8-9-10-11-12-13-14-15-16-17-18(2)3/h19-24H,9-18H2,1-8H3;18-22H,8-17H2,1-7H3;18-20H,6-17H2,1-5H3;18H,4-17H2,1-3H3. The van der Waals surface area contributed by atoms with Gasteiger partial charge in [0, 0.05) is 0 Å². The molecule has 11 unspecified atom stereocenters. The first-order valence-corrected chi connectivity index (χ1v) is 40.0. The molecule has 0 spiro atoms. The van der Waals surface area contributed by atoms with Crippen molar-refractivity contribution in [3.63, 3.8) is 0 Å². The maximum atomic E-state index is 2.50. The fourth-order valence-corrected chi connectivity index (χ4v) is 13.1. The molecule has 0 nitrogen and oxygen atoms in total. The third kappa shape index (κ3) is 69.5. The maximum Gasteiger partial charge on any atom is -0.0414 e. The normalized spacial score (nSPS) is 15.8. The Labute approximate surface area is 540 Å². The van der Waals surface area contributed by atoms with E-state index in [1.165, 1.54) is 295 Å². The fourth-order valence-electron chi connectivity index (χ4n) is 13.1. The van der Waals surface area contributed by atoms with Crippen molar-refractivity contribution in [2.75, 3.05) is 0 Å². The van der Waals surface area contributed by atoms with Crippen molar-refractivity contribution < 1.29 is 0 Å². The summed E-state index contributed by atoms with van der Waals surface area (Å²) in [5, 5.41) is 0. The van der Waals surface area contributed by atoms with E-state index in [1.807, 2.05) is 0 Å². The van der Waals surface area contributed by atoms with Crippen LogP contribution in [0.2, 0.25) is 0 Å². The summed E-state index contributed by atoms with van der Waals surface area (Å²) in [5.41, 5.74) is 0. The van der Waals surface area contributed by atoms with Gasteiger partial charge in [-0.05, 0) is 108 Å². The van der Waals surface area contributed by atoms with Crippen molar-refractivity contribution in [2.45, 2.75) is 455 Å². The highest BCUT2D eigenvalue weighted by atomic mass is 14.3. The van der Waals surface area contributed by atoms with Gasteiger partial charge in [0.05, 0.1) is 0 Å². The minimum Gasteiger partial charge on any atom is -0.0654 e. The molecule has 0 aliphatic carbocycles. The summed E-state index contributed by atoms with van der Waals surface area (Å²) in [7, 11) is 0. The first-order chi connectivity index (χ1) is 40.0. The third-order valence-corrected chi connectivity index (χ3v) is 21.3. The predicted molar refractivity (Wildman–Crippen MR) is 395 cm³/mol. The number of rotatable bonds is 57. The Balaban J connectivity index is -0.000000511. The van der Waals surface area contributed by atoms with Crippen molar-refractivity contribution in [3.8, 4) is 0 Å². The second kappa shape index (κ2) is 67.4. The molecule has 11 atom stereocenters. The Kier molecular flexibility index (Phi) is 72.5. The first-order valence-electron chi connectivity index (χ1n) is 40.0. The third-order valence-electron chi connectivity index (χ3n) is 21.3. The largest absolute Gasteiger partial charge is 0.0654 e. The first kappa shape index (κ1) is 90.4. The summed E-state index contributed by atoms with van der Waals surface area (Å²) in [6.07, 6.45) is 66.3. The van der Waals surface area contributed by atoms with E-state index in [1.54, 1.807) is 0 Å². The fraction of sp³-hybridized carbons (Fsp3) is 1.00. The lowest BCUT2D eigenvalue weighted by Crippen LogP contribution is -2.18. The van der Waals surface area contributed by atoms with Gasteiger partial charge in [-0.25, -0.2) is 0 Å². The average Bonchev–Trinajstić information content (AvgIpc) is 3.52. The van der Waals surface area contributed by atoms with Crippen LogP contribution in [0.3, 0.4) is 0 Å². The zero-order valence-electron chi connectivity index (χ0n) is 64.2. The number of hydrogen-bond acceptors (Lipinski definition) is 0. The van der Waals surface area contributed by atoms with Gasteiger partial charge in [0.25, 0.3) is 0 Å². The Morgan fingerprint density at radius 1 is 0.155 bits per heavy atom. The van der Waals surface area contributed by atoms with Crippen molar-refractivity contribution in [2.24, 2.45) is 88.8 Å². The molecular formula is C84H176. The zero-order valence-corrected chi connectivity index (χ0v) is 64.2. The summed E-state index contributed by atoms with van der Waals surface area (Å²) in [4.78, 5) is 0. The van der Waals surface area contributed by atoms with E-state index in [0.29, 0.717) is 0 Å². The lowest BCUT2D eigenvalue weighted by atomic mass is 9.78. The second-order valence-corrected chi connectivity index (χ2v) is 32.3. The molecule has 0 radical (unpaired) electrons. The molecule has 0 heteroatoms. The molecule has 0 aliphatic heterocycles. The zero-order chi connectivity index (χ0) is 64.2. The SMILES string of the molecule is CCC(C)CC(C)C(C)CC(C)C(C)CCCCCCCC(C)C.CCCC(C)C(C)CC(C)C(C)CCCCCCCC(C)C.CCCCCCC(C)C(C)CCCCCCCC(C)C.CCCCCCCCCCCCCCCC(C)C. The molecule has 0 aromatic rings. The van der Waals surface area contributed by atoms with Gasteiger partial charge in [-0.15, -0.1) is 0 Å². The van der Waals surface area contributed by atoms with Crippen LogP contribution in [-0.2, 0) is 0 Å². The minimum absolute atomic E-state index is 0.882. The van der Waals surface area contributed by atoms with E-state index in [2.05, 4.69) is 159 Å². The van der Waals surface area contributed by atoms with E-state index < -0.39 is 0 Å². The molecule has 0 heterocycles. The highest BCUT2D eigenvalue weighted by molar-refractivity contribution is 4.72. The Bertz CT molecular complexity index is 1180. The van der Waals surface area contributed by atoms with Crippen LogP contribution in [0.15, 0.2) is 0 Å². The van der Waals surface area contributed by atoms with Crippen LogP contribution in [0.4, 0.5) is 0 Å². The molecule has 0 amide bonds. The van der Waals surface area contributed by atoms with Crippen LogP contribution in [-0.4, -0.2) is 0 Å². The van der Waals surface area contributed by atoms with Crippen LogP contribution in [0, 0.1) is 88.8 Å². The molecule has 0 aromatic heterocycles. The molecule has 0 saturated carbocycles. The van der Waals surface area contributed by atoms with Gasteiger partial charge in [0.15, 0.2) is 0 Å². The average molecular weight is 1190 g/mol. The number of hydrogen-bond donors (Lipinski definition) is 0. The molecule has 0 saturated heterocycles. The Morgan fingerprint density at radius 2 is 0.333 bits per heavy atom. The van der Waals surface area contributed by atoms with E-state index in [4.69, 9.17) is 0 Å². The van der Waals surface area contributed by atoms with Crippen molar-refractivity contribution in [1.29, 1.82) is 0 Å². The molecule has 0 aromatic carbocycles. The maximum absolute atomic E-state index is 2.50. The van der Waals surface area contributed by atoms with Gasteiger partial charge in [-0.2, -0.15) is 0 Å². The Hall–Kier alpha value is 0. The molecule has 0 fully saturated rings. The number of unbranched alkanes of at least 4 members (excludes halogenated alkanes) is 27. The minimum atomic E-state index is 0.882. The lowest BCUT2D eigenvalue weighted by molar-refractivity contribution is 0.227. The van der Waals surface area contributed by atoms with Gasteiger partial charge in [-0.1, -0.05) is 435 Å².